The average Bonchev–Trinajstić information content (AvgIpc) is 2.50. The molecule has 3 aromatic rings. The molecule has 0 saturated heterocycles. The fourth-order valence-electron chi connectivity index (χ4n) is 2.56. The second-order valence-electron chi connectivity index (χ2n) is 5.29. The maximum Gasteiger partial charge on any atom is 0.254 e. The van der Waals surface area contributed by atoms with Crippen molar-refractivity contribution in [2.45, 2.75) is 6.42 Å². The molecule has 24 heavy (non-hydrogen) atoms. The van der Waals surface area contributed by atoms with Crippen molar-refractivity contribution in [1.82, 2.24) is 4.98 Å². The first-order chi connectivity index (χ1) is 11.4. The maximum absolute atomic E-state index is 14.2. The van der Waals surface area contributed by atoms with E-state index in [1.807, 2.05) is 22.6 Å². The van der Waals surface area contributed by atoms with Crippen molar-refractivity contribution >= 4 is 51.0 Å². The summed E-state index contributed by atoms with van der Waals surface area (Å²) < 4.78 is 14.8. The van der Waals surface area contributed by atoms with Crippen LogP contribution in [0, 0.1) is 9.39 Å². The van der Waals surface area contributed by atoms with Crippen LogP contribution in [0.15, 0.2) is 41.2 Å². The van der Waals surface area contributed by atoms with Crippen molar-refractivity contribution in [3.05, 3.63) is 77.9 Å². The van der Waals surface area contributed by atoms with Crippen molar-refractivity contribution in [2.75, 3.05) is 0 Å². The SMILES string of the molecule is NC(=O)c1c(Cc2ccc(Cl)cc2)[nH]c2c(F)cc(I)cc2c1=O. The number of nitrogens with one attached hydrogen (secondary N) is 1. The van der Waals surface area contributed by atoms with E-state index in [4.69, 9.17) is 17.3 Å². The zero-order valence-electron chi connectivity index (χ0n) is 12.2. The summed E-state index contributed by atoms with van der Waals surface area (Å²) in [5.74, 6) is -1.40. The minimum absolute atomic E-state index is 0.0642. The van der Waals surface area contributed by atoms with E-state index in [2.05, 4.69) is 4.98 Å². The average molecular weight is 457 g/mol. The monoisotopic (exact) mass is 456 g/mol. The zero-order valence-corrected chi connectivity index (χ0v) is 15.1. The summed E-state index contributed by atoms with van der Waals surface area (Å²) in [6.07, 6.45) is 0.228. The maximum atomic E-state index is 14.2. The summed E-state index contributed by atoms with van der Waals surface area (Å²) in [5.41, 5.74) is 5.81. The van der Waals surface area contributed by atoms with Gasteiger partial charge in [-0.05, 0) is 52.4 Å². The van der Waals surface area contributed by atoms with Crippen molar-refractivity contribution in [3.8, 4) is 0 Å². The molecule has 0 aliphatic carbocycles. The Hall–Kier alpha value is -1.93. The fourth-order valence-corrected chi connectivity index (χ4v) is 3.28. The summed E-state index contributed by atoms with van der Waals surface area (Å²) in [6, 6.07) is 9.76. The van der Waals surface area contributed by atoms with Gasteiger partial charge in [0, 0.05) is 20.7 Å². The number of hydrogen-bond acceptors (Lipinski definition) is 2. The second-order valence-corrected chi connectivity index (χ2v) is 6.97. The molecule has 122 valence electrons. The molecule has 0 bridgehead atoms. The molecule has 1 heterocycles. The summed E-state index contributed by atoms with van der Waals surface area (Å²) in [4.78, 5) is 27.3. The van der Waals surface area contributed by atoms with E-state index in [1.165, 1.54) is 12.1 Å². The number of benzene rings is 2. The van der Waals surface area contributed by atoms with Crippen LogP contribution >= 0.6 is 34.2 Å². The van der Waals surface area contributed by atoms with Gasteiger partial charge in [-0.3, -0.25) is 9.59 Å². The molecule has 0 spiro atoms. The number of rotatable bonds is 3. The summed E-state index contributed by atoms with van der Waals surface area (Å²) in [6.45, 7) is 0. The number of nitrogens with two attached hydrogens (primary N) is 1. The Morgan fingerprint density at radius 3 is 2.54 bits per heavy atom. The third kappa shape index (κ3) is 3.16. The van der Waals surface area contributed by atoms with Crippen LogP contribution in [0.2, 0.25) is 5.02 Å². The topological polar surface area (TPSA) is 76.0 Å². The number of pyridine rings is 1. The standard InChI is InChI=1S/C17H11ClFIN2O2/c18-9-3-1-8(2-4-9)5-13-14(17(21)24)16(23)11-6-10(20)7-12(19)15(11)22-13/h1-4,6-7H,5H2,(H2,21,24)(H,22,23). The Morgan fingerprint density at radius 2 is 1.92 bits per heavy atom. The molecular formula is C17H11ClFIN2O2. The third-order valence-electron chi connectivity index (χ3n) is 3.64. The van der Waals surface area contributed by atoms with Crippen LogP contribution in [0.3, 0.4) is 0 Å². The van der Waals surface area contributed by atoms with Gasteiger partial charge < -0.3 is 10.7 Å². The number of carbonyl (C=O) groups excluding carboxylic acids is 1. The molecule has 0 saturated carbocycles. The lowest BCUT2D eigenvalue weighted by molar-refractivity contribution is 0.0998. The number of carbonyl (C=O) groups is 1. The highest BCUT2D eigenvalue weighted by Crippen LogP contribution is 2.21. The van der Waals surface area contributed by atoms with E-state index in [0.717, 1.165) is 5.56 Å². The zero-order chi connectivity index (χ0) is 17.4. The van der Waals surface area contributed by atoms with Gasteiger partial charge in [0.05, 0.1) is 10.9 Å². The summed E-state index contributed by atoms with van der Waals surface area (Å²) >= 11 is 7.76. The van der Waals surface area contributed by atoms with Gasteiger partial charge in [0.25, 0.3) is 5.91 Å². The van der Waals surface area contributed by atoms with Gasteiger partial charge in [0.1, 0.15) is 11.4 Å². The van der Waals surface area contributed by atoms with Gasteiger partial charge >= 0.3 is 0 Å². The molecular weight excluding hydrogens is 446 g/mol. The van der Waals surface area contributed by atoms with Gasteiger partial charge in [-0.15, -0.1) is 0 Å². The van der Waals surface area contributed by atoms with E-state index >= 15 is 0 Å². The number of fused-ring (bicyclic) bond motifs is 1. The van der Waals surface area contributed by atoms with Gasteiger partial charge in [-0.2, -0.15) is 0 Å². The van der Waals surface area contributed by atoms with Gasteiger partial charge in [-0.25, -0.2) is 4.39 Å². The van der Waals surface area contributed by atoms with Crippen molar-refractivity contribution in [2.24, 2.45) is 5.73 Å². The minimum Gasteiger partial charge on any atom is -0.365 e. The smallest absolute Gasteiger partial charge is 0.254 e. The highest BCUT2D eigenvalue weighted by Gasteiger charge is 2.19. The molecule has 1 aromatic heterocycles. The molecule has 0 atom stereocenters. The van der Waals surface area contributed by atoms with Crippen LogP contribution in [0.1, 0.15) is 21.6 Å². The minimum atomic E-state index is -0.846. The number of aromatic amines is 1. The second kappa shape index (κ2) is 6.52. The highest BCUT2D eigenvalue weighted by molar-refractivity contribution is 14.1. The Balaban J connectivity index is 2.26. The number of primary amides is 1. The normalized spacial score (nSPS) is 11.0. The first-order valence-electron chi connectivity index (χ1n) is 6.95. The molecule has 0 aliphatic rings. The Kier molecular flexibility index (Phi) is 4.60. The predicted octanol–water partition coefficient (Wildman–Crippen LogP) is 3.61. The number of halogens is 3. The van der Waals surface area contributed by atoms with Crippen LogP contribution in [0.4, 0.5) is 4.39 Å². The molecule has 0 aliphatic heterocycles. The molecule has 0 unspecified atom stereocenters. The number of hydrogen-bond donors (Lipinski definition) is 2. The number of H-pyrrole nitrogens is 1. The largest absolute Gasteiger partial charge is 0.365 e. The Morgan fingerprint density at radius 1 is 1.25 bits per heavy atom. The molecule has 1 amide bonds. The van der Waals surface area contributed by atoms with Crippen molar-refractivity contribution in [3.63, 3.8) is 0 Å². The Labute approximate surface area is 155 Å². The lowest BCUT2D eigenvalue weighted by Gasteiger charge is -2.10. The van der Waals surface area contributed by atoms with E-state index in [-0.39, 0.29) is 28.6 Å². The third-order valence-corrected chi connectivity index (χ3v) is 4.52. The fraction of sp³-hybridized carbons (Fsp3) is 0.0588. The molecule has 0 fully saturated rings. The van der Waals surface area contributed by atoms with Crippen LogP contribution in [-0.2, 0) is 6.42 Å². The van der Waals surface area contributed by atoms with Gasteiger partial charge in [-0.1, -0.05) is 23.7 Å². The molecule has 4 nitrogen and oxygen atoms in total. The summed E-state index contributed by atoms with van der Waals surface area (Å²) in [5, 5.41) is 0.676. The Bertz CT molecular complexity index is 1020. The van der Waals surface area contributed by atoms with Crippen molar-refractivity contribution in [1.29, 1.82) is 0 Å². The van der Waals surface area contributed by atoms with E-state index < -0.39 is 17.2 Å². The van der Waals surface area contributed by atoms with Crippen LogP contribution < -0.4 is 11.2 Å². The quantitative estimate of drug-likeness (QED) is 0.591. The molecule has 7 heteroatoms. The van der Waals surface area contributed by atoms with E-state index in [9.17, 15) is 14.0 Å². The molecule has 0 radical (unpaired) electrons. The lowest BCUT2D eigenvalue weighted by atomic mass is 10.0. The molecule has 3 rings (SSSR count). The molecule has 3 N–H and O–H groups in total. The van der Waals surface area contributed by atoms with Gasteiger partial charge in [0.2, 0.25) is 5.43 Å². The first-order valence-corrected chi connectivity index (χ1v) is 8.40. The van der Waals surface area contributed by atoms with Crippen LogP contribution in [-0.4, -0.2) is 10.9 Å². The number of amides is 1. The van der Waals surface area contributed by atoms with Gasteiger partial charge in [0.15, 0.2) is 0 Å². The summed E-state index contributed by atoms with van der Waals surface area (Å²) in [7, 11) is 0. The lowest BCUT2D eigenvalue weighted by Crippen LogP contribution is -2.26. The molecule has 2 aromatic carbocycles. The highest BCUT2D eigenvalue weighted by atomic mass is 127. The van der Waals surface area contributed by atoms with E-state index in [0.29, 0.717) is 8.59 Å². The first kappa shape index (κ1) is 16.9. The van der Waals surface area contributed by atoms with Crippen LogP contribution in [0.5, 0.6) is 0 Å². The van der Waals surface area contributed by atoms with Crippen LogP contribution in [0.25, 0.3) is 10.9 Å². The predicted molar refractivity (Wildman–Crippen MR) is 100 cm³/mol. The van der Waals surface area contributed by atoms with Crippen molar-refractivity contribution < 1.29 is 9.18 Å². The number of aromatic nitrogens is 1. The van der Waals surface area contributed by atoms with E-state index in [1.54, 1.807) is 24.3 Å².